The summed E-state index contributed by atoms with van der Waals surface area (Å²) in [6.07, 6.45) is -4.33. The first kappa shape index (κ1) is 14.3. The van der Waals surface area contributed by atoms with Gasteiger partial charge in [-0.3, -0.25) is 4.79 Å². The molecule has 4 N–H and O–H groups in total. The molecule has 0 aromatic carbocycles. The van der Waals surface area contributed by atoms with E-state index in [1.54, 1.807) is 6.92 Å². The highest BCUT2D eigenvalue weighted by atomic mass is 16.7. The quantitative estimate of drug-likeness (QED) is 0.457. The summed E-state index contributed by atoms with van der Waals surface area (Å²) in [4.78, 5) is 11.0. The van der Waals surface area contributed by atoms with Crippen LogP contribution < -0.4 is 5.32 Å². The zero-order chi connectivity index (χ0) is 13.0. The molecule has 1 rings (SSSR count). The molecule has 5 unspecified atom stereocenters. The molecule has 1 amide bonds. The molecule has 1 saturated heterocycles. The number of aliphatic hydroxyl groups excluding tert-OH is 3. The van der Waals surface area contributed by atoms with E-state index in [0.29, 0.717) is 6.61 Å². The third-order valence-electron chi connectivity index (χ3n) is 2.58. The van der Waals surface area contributed by atoms with E-state index >= 15 is 0 Å². The summed E-state index contributed by atoms with van der Waals surface area (Å²) in [7, 11) is 0. The molecule has 5 atom stereocenters. The van der Waals surface area contributed by atoms with Gasteiger partial charge in [-0.1, -0.05) is 0 Å². The zero-order valence-electron chi connectivity index (χ0n) is 9.87. The molecule has 0 aromatic rings. The maximum Gasteiger partial charge on any atom is 0.217 e. The summed E-state index contributed by atoms with van der Waals surface area (Å²) in [5, 5.41) is 31.0. The Morgan fingerprint density at radius 3 is 2.53 bits per heavy atom. The molecule has 0 radical (unpaired) electrons. The van der Waals surface area contributed by atoms with E-state index in [4.69, 9.17) is 14.6 Å². The lowest BCUT2D eigenvalue weighted by Crippen LogP contribution is -2.64. The van der Waals surface area contributed by atoms with Crippen LogP contribution in [0.15, 0.2) is 0 Å². The summed E-state index contributed by atoms with van der Waals surface area (Å²) >= 11 is 0. The molecule has 1 fully saturated rings. The predicted molar refractivity (Wildman–Crippen MR) is 57.0 cm³/mol. The van der Waals surface area contributed by atoms with E-state index < -0.39 is 37.3 Å². The highest BCUT2D eigenvalue weighted by Crippen LogP contribution is 2.21. The van der Waals surface area contributed by atoms with Gasteiger partial charge in [0.15, 0.2) is 6.29 Å². The summed E-state index contributed by atoms with van der Waals surface area (Å²) < 4.78 is 10.5. The Hall–Kier alpha value is -0.730. The fraction of sp³-hybridized carbons (Fsp3) is 0.900. The summed E-state index contributed by atoms with van der Waals surface area (Å²) in [5.74, 6) is -0.364. The Morgan fingerprint density at radius 1 is 1.41 bits per heavy atom. The van der Waals surface area contributed by atoms with Crippen LogP contribution >= 0.6 is 0 Å². The van der Waals surface area contributed by atoms with Gasteiger partial charge in [-0.25, -0.2) is 0 Å². The van der Waals surface area contributed by atoms with E-state index in [-0.39, 0.29) is 5.91 Å². The molecule has 100 valence electrons. The molecule has 0 saturated carbocycles. The molecule has 7 heteroatoms. The number of ether oxygens (including phenoxy) is 2. The molecule has 0 spiro atoms. The molecule has 17 heavy (non-hydrogen) atoms. The minimum absolute atomic E-state index is 0.321. The Morgan fingerprint density at radius 2 is 2.06 bits per heavy atom. The summed E-state index contributed by atoms with van der Waals surface area (Å²) in [6.45, 7) is 2.91. The first-order valence-corrected chi connectivity index (χ1v) is 5.52. The Labute approximate surface area is 99.3 Å². The SMILES string of the molecule is CCOC1OC(CO)C(O)C(O)C1NC(C)=O. The Kier molecular flexibility index (Phi) is 5.29. The van der Waals surface area contributed by atoms with Gasteiger partial charge < -0.3 is 30.1 Å². The molecule has 0 bridgehead atoms. The van der Waals surface area contributed by atoms with E-state index in [1.165, 1.54) is 6.92 Å². The van der Waals surface area contributed by atoms with Crippen LogP contribution in [0.2, 0.25) is 0 Å². The zero-order valence-corrected chi connectivity index (χ0v) is 9.87. The third kappa shape index (κ3) is 3.36. The summed E-state index contributed by atoms with van der Waals surface area (Å²) in [6, 6.07) is -0.856. The van der Waals surface area contributed by atoms with Gasteiger partial charge in [-0.2, -0.15) is 0 Å². The van der Waals surface area contributed by atoms with E-state index in [1.807, 2.05) is 0 Å². The van der Waals surface area contributed by atoms with Crippen molar-refractivity contribution in [3.05, 3.63) is 0 Å². The van der Waals surface area contributed by atoms with Gasteiger partial charge in [-0.05, 0) is 6.92 Å². The second-order valence-corrected chi connectivity index (χ2v) is 3.89. The minimum atomic E-state index is -1.27. The molecule has 1 heterocycles. The van der Waals surface area contributed by atoms with Crippen molar-refractivity contribution in [2.75, 3.05) is 13.2 Å². The molecular formula is C10H19NO6. The maximum absolute atomic E-state index is 11.0. The molecule has 7 nitrogen and oxygen atoms in total. The molecule has 0 aliphatic carbocycles. The van der Waals surface area contributed by atoms with Gasteiger partial charge in [0, 0.05) is 13.5 Å². The van der Waals surface area contributed by atoms with Gasteiger partial charge in [0.1, 0.15) is 24.4 Å². The highest BCUT2D eigenvalue weighted by Gasteiger charge is 2.45. The van der Waals surface area contributed by atoms with Crippen LogP contribution in [0.3, 0.4) is 0 Å². The minimum Gasteiger partial charge on any atom is -0.394 e. The number of carbonyl (C=O) groups is 1. The lowest BCUT2D eigenvalue weighted by molar-refractivity contribution is -0.268. The van der Waals surface area contributed by atoms with E-state index in [2.05, 4.69) is 5.32 Å². The fourth-order valence-electron chi connectivity index (χ4n) is 1.78. The Bertz CT molecular complexity index is 261. The number of amides is 1. The smallest absolute Gasteiger partial charge is 0.217 e. The van der Waals surface area contributed by atoms with Crippen molar-refractivity contribution in [1.82, 2.24) is 5.32 Å². The van der Waals surface area contributed by atoms with Crippen molar-refractivity contribution in [2.24, 2.45) is 0 Å². The number of carbonyl (C=O) groups excluding carboxylic acids is 1. The number of aliphatic hydroxyl groups is 3. The maximum atomic E-state index is 11.0. The van der Waals surface area contributed by atoms with Crippen LogP contribution in [-0.2, 0) is 14.3 Å². The van der Waals surface area contributed by atoms with Crippen molar-refractivity contribution in [2.45, 2.75) is 44.5 Å². The normalized spacial score (nSPS) is 37.8. The van der Waals surface area contributed by atoms with Gasteiger partial charge in [-0.15, -0.1) is 0 Å². The number of nitrogens with one attached hydrogen (secondary N) is 1. The van der Waals surface area contributed by atoms with Crippen molar-refractivity contribution < 1.29 is 29.6 Å². The lowest BCUT2D eigenvalue weighted by atomic mass is 9.97. The van der Waals surface area contributed by atoms with Crippen LogP contribution in [0, 0.1) is 0 Å². The molecular weight excluding hydrogens is 230 g/mol. The number of hydrogen-bond acceptors (Lipinski definition) is 6. The van der Waals surface area contributed by atoms with Gasteiger partial charge in [0.05, 0.1) is 6.61 Å². The van der Waals surface area contributed by atoms with Crippen LogP contribution in [0.5, 0.6) is 0 Å². The predicted octanol–water partition coefficient (Wildman–Crippen LogP) is -2.03. The second-order valence-electron chi connectivity index (χ2n) is 3.89. The van der Waals surface area contributed by atoms with E-state index in [0.717, 1.165) is 0 Å². The third-order valence-corrected chi connectivity index (χ3v) is 2.58. The average Bonchev–Trinajstić information content (AvgIpc) is 2.28. The van der Waals surface area contributed by atoms with Crippen molar-refractivity contribution >= 4 is 5.91 Å². The first-order chi connectivity index (χ1) is 8.01. The topological polar surface area (TPSA) is 108 Å². The molecule has 0 aromatic heterocycles. The fourth-order valence-corrected chi connectivity index (χ4v) is 1.78. The Balaban J connectivity index is 2.78. The van der Waals surface area contributed by atoms with Crippen LogP contribution in [0.25, 0.3) is 0 Å². The van der Waals surface area contributed by atoms with Crippen molar-refractivity contribution in [3.8, 4) is 0 Å². The van der Waals surface area contributed by atoms with Gasteiger partial charge in [0.2, 0.25) is 5.91 Å². The van der Waals surface area contributed by atoms with Gasteiger partial charge in [0.25, 0.3) is 0 Å². The van der Waals surface area contributed by atoms with Gasteiger partial charge >= 0.3 is 0 Å². The average molecular weight is 249 g/mol. The molecule has 1 aliphatic heterocycles. The van der Waals surface area contributed by atoms with Crippen LogP contribution in [0.1, 0.15) is 13.8 Å². The van der Waals surface area contributed by atoms with E-state index in [9.17, 15) is 15.0 Å². The van der Waals surface area contributed by atoms with Crippen LogP contribution in [-0.4, -0.2) is 65.1 Å². The summed E-state index contributed by atoms with van der Waals surface area (Å²) in [5.41, 5.74) is 0. The largest absolute Gasteiger partial charge is 0.394 e. The second kappa shape index (κ2) is 6.27. The molecule has 1 aliphatic rings. The van der Waals surface area contributed by atoms with Crippen molar-refractivity contribution in [3.63, 3.8) is 0 Å². The lowest BCUT2D eigenvalue weighted by Gasteiger charge is -2.42. The number of rotatable bonds is 4. The van der Waals surface area contributed by atoms with Crippen molar-refractivity contribution in [1.29, 1.82) is 0 Å². The van der Waals surface area contributed by atoms with Crippen LogP contribution in [0.4, 0.5) is 0 Å². The standard InChI is InChI=1S/C10H19NO6/c1-3-16-10-7(11-5(2)13)9(15)8(14)6(4-12)17-10/h6-10,12,14-15H,3-4H2,1-2H3,(H,11,13). The number of hydrogen-bond donors (Lipinski definition) is 4. The monoisotopic (exact) mass is 249 g/mol. The highest BCUT2D eigenvalue weighted by molar-refractivity contribution is 5.73. The first-order valence-electron chi connectivity index (χ1n) is 5.52.